The zero-order valence-corrected chi connectivity index (χ0v) is 14.9. The summed E-state index contributed by atoms with van der Waals surface area (Å²) in [7, 11) is 0. The average Bonchev–Trinajstić information content (AvgIpc) is 2.82. The Kier molecular flexibility index (Phi) is 3.32. The van der Waals surface area contributed by atoms with Gasteiger partial charge in [0.05, 0.1) is 22.3 Å². The Morgan fingerprint density at radius 1 is 1.26 bits per heavy atom. The molecule has 1 aromatic heterocycles. The number of amides is 1. The quantitative estimate of drug-likeness (QED) is 0.925. The van der Waals surface area contributed by atoms with E-state index in [1.807, 2.05) is 58.9 Å². The molecule has 0 radical (unpaired) electrons. The van der Waals surface area contributed by atoms with Gasteiger partial charge in [-0.25, -0.2) is 4.98 Å². The molecule has 0 spiro atoms. The molecule has 1 N–H and O–H groups in total. The molecular formula is C18H21N3OS. The van der Waals surface area contributed by atoms with E-state index in [4.69, 9.17) is 0 Å². The summed E-state index contributed by atoms with van der Waals surface area (Å²) >= 11 is 1.58. The lowest BCUT2D eigenvalue weighted by Crippen LogP contribution is -2.37. The Morgan fingerprint density at radius 2 is 1.87 bits per heavy atom. The van der Waals surface area contributed by atoms with E-state index in [-0.39, 0.29) is 22.8 Å². The standard InChI is InChI=1S/C18H21N3OS/c1-11(14-21-12-8-6-7-9-13(12)23-14)20-15(22)18(10-19)16(2,3)17(18,4)5/h6-9,11H,1-5H3,(H,20,22). The monoisotopic (exact) mass is 327 g/mol. The summed E-state index contributed by atoms with van der Waals surface area (Å²) in [6.07, 6.45) is 0. The van der Waals surface area contributed by atoms with Crippen molar-refractivity contribution in [2.75, 3.05) is 0 Å². The molecule has 1 aromatic carbocycles. The van der Waals surface area contributed by atoms with Crippen LogP contribution in [0.2, 0.25) is 0 Å². The molecule has 1 unspecified atom stereocenters. The molecule has 1 aliphatic carbocycles. The van der Waals surface area contributed by atoms with Gasteiger partial charge in [-0.05, 0) is 19.1 Å². The first kappa shape index (κ1) is 15.9. The Labute approximate surface area is 140 Å². The summed E-state index contributed by atoms with van der Waals surface area (Å²) in [4.78, 5) is 17.4. The molecule has 5 heteroatoms. The van der Waals surface area contributed by atoms with Crippen molar-refractivity contribution in [3.8, 4) is 6.07 Å². The summed E-state index contributed by atoms with van der Waals surface area (Å²) in [5.74, 6) is -0.193. The number of fused-ring (bicyclic) bond motifs is 1. The van der Waals surface area contributed by atoms with Crippen LogP contribution < -0.4 is 5.32 Å². The lowest BCUT2D eigenvalue weighted by molar-refractivity contribution is -0.126. The number of hydrogen-bond acceptors (Lipinski definition) is 4. The normalized spacial score (nSPS) is 21.4. The topological polar surface area (TPSA) is 65.8 Å². The van der Waals surface area contributed by atoms with E-state index < -0.39 is 5.41 Å². The fourth-order valence-corrected chi connectivity index (χ4v) is 4.62. The van der Waals surface area contributed by atoms with E-state index in [1.165, 1.54) is 0 Å². The van der Waals surface area contributed by atoms with Crippen LogP contribution in [-0.4, -0.2) is 10.9 Å². The van der Waals surface area contributed by atoms with E-state index in [2.05, 4.69) is 16.4 Å². The number of para-hydroxylation sites is 1. The molecule has 2 aromatic rings. The summed E-state index contributed by atoms with van der Waals surface area (Å²) in [6.45, 7) is 9.86. The van der Waals surface area contributed by atoms with Gasteiger partial charge in [-0.2, -0.15) is 5.26 Å². The van der Waals surface area contributed by atoms with Crippen LogP contribution in [0.15, 0.2) is 24.3 Å². The van der Waals surface area contributed by atoms with E-state index >= 15 is 0 Å². The van der Waals surface area contributed by atoms with Crippen LogP contribution in [0, 0.1) is 27.6 Å². The van der Waals surface area contributed by atoms with Gasteiger partial charge < -0.3 is 5.32 Å². The first-order chi connectivity index (χ1) is 10.7. The largest absolute Gasteiger partial charge is 0.346 e. The SMILES string of the molecule is CC(NC(=O)C1(C#N)C(C)(C)C1(C)C)c1nc2ccccc2s1. The Balaban J connectivity index is 1.85. The third-order valence-electron chi connectivity index (χ3n) is 5.91. The third-order valence-corrected chi connectivity index (χ3v) is 7.13. The van der Waals surface area contributed by atoms with Crippen molar-refractivity contribution in [1.29, 1.82) is 5.26 Å². The van der Waals surface area contributed by atoms with E-state index in [9.17, 15) is 10.1 Å². The van der Waals surface area contributed by atoms with Crippen molar-refractivity contribution < 1.29 is 4.79 Å². The van der Waals surface area contributed by atoms with Gasteiger partial charge >= 0.3 is 0 Å². The minimum absolute atomic E-state index is 0.193. The first-order valence-electron chi connectivity index (χ1n) is 7.77. The first-order valence-corrected chi connectivity index (χ1v) is 8.58. The van der Waals surface area contributed by atoms with Crippen LogP contribution in [0.5, 0.6) is 0 Å². The summed E-state index contributed by atoms with van der Waals surface area (Å²) in [5, 5.41) is 13.5. The number of carbonyl (C=O) groups excluding carboxylic acids is 1. The number of rotatable bonds is 3. The number of benzene rings is 1. The number of nitriles is 1. The van der Waals surface area contributed by atoms with E-state index in [0.717, 1.165) is 15.2 Å². The highest BCUT2D eigenvalue weighted by atomic mass is 32.1. The third kappa shape index (κ3) is 1.88. The lowest BCUT2D eigenvalue weighted by atomic mass is 9.95. The zero-order valence-electron chi connectivity index (χ0n) is 14.1. The van der Waals surface area contributed by atoms with Gasteiger partial charge in [-0.1, -0.05) is 39.8 Å². The lowest BCUT2D eigenvalue weighted by Gasteiger charge is -2.17. The number of thiazole rings is 1. The summed E-state index contributed by atoms with van der Waals surface area (Å²) in [5.41, 5.74) is -0.723. The highest BCUT2D eigenvalue weighted by Gasteiger charge is 2.82. The Morgan fingerprint density at radius 3 is 2.39 bits per heavy atom. The molecule has 3 rings (SSSR count). The van der Waals surface area contributed by atoms with Crippen LogP contribution in [0.25, 0.3) is 10.2 Å². The van der Waals surface area contributed by atoms with Gasteiger partial charge in [0.2, 0.25) is 5.91 Å². The maximum absolute atomic E-state index is 12.8. The zero-order chi connectivity index (χ0) is 17.0. The second kappa shape index (κ2) is 4.78. The van der Waals surface area contributed by atoms with Crippen LogP contribution in [0.4, 0.5) is 0 Å². The Bertz CT molecular complexity index is 781. The second-order valence-electron chi connectivity index (χ2n) is 7.33. The van der Waals surface area contributed by atoms with Crippen LogP contribution in [0.3, 0.4) is 0 Å². The fraction of sp³-hybridized carbons (Fsp3) is 0.500. The Hall–Kier alpha value is -1.93. The number of hydrogen-bond donors (Lipinski definition) is 1. The molecular weight excluding hydrogens is 306 g/mol. The molecule has 0 aliphatic heterocycles. The molecule has 4 nitrogen and oxygen atoms in total. The number of nitrogens with one attached hydrogen (secondary N) is 1. The van der Waals surface area contributed by atoms with Crippen molar-refractivity contribution in [3.63, 3.8) is 0 Å². The van der Waals surface area contributed by atoms with Crippen molar-refractivity contribution in [2.45, 2.75) is 40.7 Å². The molecule has 120 valence electrons. The highest BCUT2D eigenvalue weighted by molar-refractivity contribution is 7.18. The van der Waals surface area contributed by atoms with Gasteiger partial charge in [0, 0.05) is 10.8 Å². The van der Waals surface area contributed by atoms with Gasteiger partial charge in [-0.3, -0.25) is 4.79 Å². The molecule has 23 heavy (non-hydrogen) atoms. The van der Waals surface area contributed by atoms with Crippen LogP contribution in [-0.2, 0) is 4.79 Å². The number of carbonyl (C=O) groups is 1. The van der Waals surface area contributed by atoms with Gasteiger partial charge in [0.15, 0.2) is 0 Å². The van der Waals surface area contributed by atoms with Crippen molar-refractivity contribution >= 4 is 27.5 Å². The van der Waals surface area contributed by atoms with Gasteiger partial charge in [0.1, 0.15) is 10.4 Å². The fourth-order valence-electron chi connectivity index (χ4n) is 3.65. The number of nitrogens with zero attached hydrogens (tertiary/aromatic N) is 2. The molecule has 1 aliphatic rings. The smallest absolute Gasteiger partial charge is 0.242 e. The predicted octanol–water partition coefficient (Wildman–Crippen LogP) is 4.05. The van der Waals surface area contributed by atoms with Gasteiger partial charge in [0.25, 0.3) is 0 Å². The highest BCUT2D eigenvalue weighted by Crippen LogP contribution is 2.77. The molecule has 1 heterocycles. The molecule has 1 amide bonds. The van der Waals surface area contributed by atoms with Crippen LogP contribution >= 0.6 is 11.3 Å². The molecule has 0 bridgehead atoms. The summed E-state index contributed by atoms with van der Waals surface area (Å²) in [6, 6.07) is 10.00. The van der Waals surface area contributed by atoms with Gasteiger partial charge in [-0.15, -0.1) is 11.3 Å². The predicted molar refractivity (Wildman–Crippen MR) is 91.8 cm³/mol. The maximum atomic E-state index is 12.8. The maximum Gasteiger partial charge on any atom is 0.242 e. The molecule has 0 saturated heterocycles. The van der Waals surface area contributed by atoms with E-state index in [0.29, 0.717) is 0 Å². The van der Waals surface area contributed by atoms with Crippen molar-refractivity contribution in [3.05, 3.63) is 29.3 Å². The number of aromatic nitrogens is 1. The summed E-state index contributed by atoms with van der Waals surface area (Å²) < 4.78 is 1.10. The molecule has 1 saturated carbocycles. The van der Waals surface area contributed by atoms with E-state index in [1.54, 1.807) is 11.3 Å². The minimum Gasteiger partial charge on any atom is -0.346 e. The second-order valence-corrected chi connectivity index (χ2v) is 8.39. The molecule has 1 fully saturated rings. The van der Waals surface area contributed by atoms with Crippen molar-refractivity contribution in [1.82, 2.24) is 10.3 Å². The van der Waals surface area contributed by atoms with Crippen molar-refractivity contribution in [2.24, 2.45) is 16.2 Å². The molecule has 1 atom stereocenters. The van der Waals surface area contributed by atoms with Crippen LogP contribution in [0.1, 0.15) is 45.7 Å². The average molecular weight is 327 g/mol. The minimum atomic E-state index is -0.981.